The molecule has 1 aromatic carbocycles. The zero-order chi connectivity index (χ0) is 12.4. The molecule has 0 bridgehead atoms. The molecule has 0 radical (unpaired) electrons. The molecule has 1 unspecified atom stereocenters. The Kier molecular flexibility index (Phi) is 3.31. The van der Waals surface area contributed by atoms with Gasteiger partial charge in [-0.2, -0.15) is 0 Å². The summed E-state index contributed by atoms with van der Waals surface area (Å²) in [7, 11) is 1.94. The summed E-state index contributed by atoms with van der Waals surface area (Å²) in [6.45, 7) is 0. The van der Waals surface area contributed by atoms with Crippen molar-refractivity contribution in [3.63, 3.8) is 0 Å². The molecule has 4 nitrogen and oxygen atoms in total. The number of para-hydroxylation sites is 1. The Morgan fingerprint density at radius 3 is 2.94 bits per heavy atom. The Bertz CT molecular complexity index is 599. The van der Waals surface area contributed by atoms with Crippen LogP contribution in [-0.2, 0) is 6.42 Å². The molecule has 6 heteroatoms. The molecule has 92 valence electrons. The summed E-state index contributed by atoms with van der Waals surface area (Å²) < 4.78 is 5.15. The summed E-state index contributed by atoms with van der Waals surface area (Å²) in [5.41, 5.74) is 2.06. The summed E-state index contributed by atoms with van der Waals surface area (Å²) in [6, 6.07) is 8.41. The highest BCUT2D eigenvalue weighted by molar-refractivity contribution is 7.18. The molecule has 3 aromatic rings. The van der Waals surface area contributed by atoms with Crippen molar-refractivity contribution in [3.8, 4) is 0 Å². The van der Waals surface area contributed by atoms with E-state index in [1.54, 1.807) is 11.3 Å². The molecule has 2 heterocycles. The molecule has 3 rings (SSSR count). The van der Waals surface area contributed by atoms with E-state index in [1.807, 2.05) is 30.6 Å². The number of thiazole rings is 1. The van der Waals surface area contributed by atoms with Gasteiger partial charge in [0.2, 0.25) is 0 Å². The molecule has 0 amide bonds. The smallest absolute Gasteiger partial charge is 0.0958 e. The molecule has 0 aliphatic heterocycles. The lowest BCUT2D eigenvalue weighted by Crippen LogP contribution is -2.19. The van der Waals surface area contributed by atoms with Gasteiger partial charge in [0, 0.05) is 11.8 Å². The Morgan fingerprint density at radius 2 is 2.22 bits per heavy atom. The zero-order valence-corrected chi connectivity index (χ0v) is 11.5. The summed E-state index contributed by atoms with van der Waals surface area (Å²) in [5, 5.41) is 10.5. The van der Waals surface area contributed by atoms with Crippen molar-refractivity contribution >= 4 is 33.1 Å². The van der Waals surface area contributed by atoms with Crippen LogP contribution in [0.15, 0.2) is 29.6 Å². The lowest BCUT2D eigenvalue weighted by atomic mass is 10.1. The van der Waals surface area contributed by atoms with Crippen molar-refractivity contribution < 1.29 is 0 Å². The minimum atomic E-state index is 0.185. The molecular weight excluding hydrogens is 264 g/mol. The average Bonchev–Trinajstić information content (AvgIpc) is 3.04. The van der Waals surface area contributed by atoms with Crippen molar-refractivity contribution in [1.82, 2.24) is 19.9 Å². The summed E-state index contributed by atoms with van der Waals surface area (Å²) in [6.07, 6.45) is 0.848. The van der Waals surface area contributed by atoms with E-state index in [0.717, 1.165) is 22.6 Å². The zero-order valence-electron chi connectivity index (χ0n) is 9.83. The second-order valence-corrected chi connectivity index (χ2v) is 5.68. The maximum Gasteiger partial charge on any atom is 0.0958 e. The topological polar surface area (TPSA) is 50.7 Å². The second kappa shape index (κ2) is 5.09. The highest BCUT2D eigenvalue weighted by atomic mass is 32.1. The molecular formula is C12H12N4S2. The monoisotopic (exact) mass is 276 g/mol. The minimum Gasteiger partial charge on any atom is -0.311 e. The number of nitrogens with one attached hydrogen (secondary N) is 1. The molecule has 0 saturated carbocycles. The van der Waals surface area contributed by atoms with Gasteiger partial charge in [0.05, 0.1) is 27.0 Å². The van der Waals surface area contributed by atoms with Crippen LogP contribution >= 0.6 is 22.9 Å². The maximum absolute atomic E-state index is 4.64. The van der Waals surface area contributed by atoms with Gasteiger partial charge in [-0.3, -0.25) is 0 Å². The first-order valence-electron chi connectivity index (χ1n) is 5.65. The molecule has 2 aromatic heterocycles. The fraction of sp³-hybridized carbons (Fsp3) is 0.250. The van der Waals surface area contributed by atoms with Crippen molar-refractivity contribution in [2.75, 3.05) is 7.05 Å². The lowest BCUT2D eigenvalue weighted by Gasteiger charge is -2.10. The lowest BCUT2D eigenvalue weighted by molar-refractivity contribution is 0.573. The van der Waals surface area contributed by atoms with Gasteiger partial charge in [0.1, 0.15) is 0 Å². The van der Waals surface area contributed by atoms with Crippen LogP contribution in [-0.4, -0.2) is 21.6 Å². The first kappa shape index (κ1) is 11.7. The molecule has 0 aliphatic carbocycles. The van der Waals surface area contributed by atoms with Crippen LogP contribution in [0.25, 0.3) is 10.2 Å². The van der Waals surface area contributed by atoms with E-state index in [1.165, 1.54) is 16.2 Å². The van der Waals surface area contributed by atoms with Crippen molar-refractivity contribution in [2.24, 2.45) is 0 Å². The summed E-state index contributed by atoms with van der Waals surface area (Å²) >= 11 is 3.12. The van der Waals surface area contributed by atoms with Crippen molar-refractivity contribution in [1.29, 1.82) is 0 Å². The molecule has 0 spiro atoms. The van der Waals surface area contributed by atoms with Gasteiger partial charge in [-0.1, -0.05) is 16.6 Å². The molecule has 1 atom stereocenters. The number of nitrogens with zero attached hydrogens (tertiary/aromatic N) is 3. The Morgan fingerprint density at radius 1 is 1.33 bits per heavy atom. The van der Waals surface area contributed by atoms with Crippen molar-refractivity contribution in [2.45, 2.75) is 12.5 Å². The fourth-order valence-electron chi connectivity index (χ4n) is 1.86. The van der Waals surface area contributed by atoms with Gasteiger partial charge in [0.25, 0.3) is 0 Å². The predicted molar refractivity (Wildman–Crippen MR) is 75.0 cm³/mol. The van der Waals surface area contributed by atoms with E-state index < -0.39 is 0 Å². The number of fused-ring (bicyclic) bond motifs is 1. The van der Waals surface area contributed by atoms with Crippen LogP contribution < -0.4 is 5.32 Å². The normalized spacial score (nSPS) is 12.9. The third kappa shape index (κ3) is 2.27. The quantitative estimate of drug-likeness (QED) is 0.796. The Balaban J connectivity index is 1.86. The number of hydrogen-bond acceptors (Lipinski definition) is 6. The standard InChI is InChI=1S/C12H12N4S2/c1-13-9(10-7-17-16-15-10)6-12-14-8-4-2-3-5-11(8)18-12/h2-5,7,9,13H,6H2,1H3. The van der Waals surface area contributed by atoms with Crippen LogP contribution in [0.1, 0.15) is 16.7 Å². The highest BCUT2D eigenvalue weighted by Gasteiger charge is 2.15. The first-order chi connectivity index (χ1) is 8.86. The molecule has 0 fully saturated rings. The number of benzene rings is 1. The predicted octanol–water partition coefficient (Wildman–Crippen LogP) is 2.65. The second-order valence-electron chi connectivity index (χ2n) is 3.95. The average molecular weight is 276 g/mol. The SMILES string of the molecule is CNC(Cc1nc2ccccc2s1)c1csnn1. The maximum atomic E-state index is 4.64. The van der Waals surface area contributed by atoms with Crippen LogP contribution in [0.2, 0.25) is 0 Å². The summed E-state index contributed by atoms with van der Waals surface area (Å²) in [4.78, 5) is 4.64. The number of aromatic nitrogens is 3. The highest BCUT2D eigenvalue weighted by Crippen LogP contribution is 2.25. The number of likely N-dealkylation sites (N-methyl/N-ethyl adjacent to an activating group) is 1. The van der Waals surface area contributed by atoms with Gasteiger partial charge in [-0.05, 0) is 30.7 Å². The molecule has 0 aliphatic rings. The van der Waals surface area contributed by atoms with Gasteiger partial charge in [-0.25, -0.2) is 4.98 Å². The molecule has 0 saturated heterocycles. The third-order valence-electron chi connectivity index (χ3n) is 2.80. The van der Waals surface area contributed by atoms with Crippen LogP contribution in [0, 0.1) is 0 Å². The Hall–Kier alpha value is -1.37. The van der Waals surface area contributed by atoms with E-state index in [9.17, 15) is 0 Å². The minimum absolute atomic E-state index is 0.185. The van der Waals surface area contributed by atoms with Gasteiger partial charge >= 0.3 is 0 Å². The van der Waals surface area contributed by atoms with Gasteiger partial charge in [0.15, 0.2) is 0 Å². The molecule has 18 heavy (non-hydrogen) atoms. The van der Waals surface area contributed by atoms with E-state index in [4.69, 9.17) is 0 Å². The number of rotatable bonds is 4. The number of hydrogen-bond donors (Lipinski definition) is 1. The van der Waals surface area contributed by atoms with E-state index in [2.05, 4.69) is 26.0 Å². The third-order valence-corrected chi connectivity index (χ3v) is 4.38. The first-order valence-corrected chi connectivity index (χ1v) is 7.31. The van der Waals surface area contributed by atoms with Crippen LogP contribution in [0.3, 0.4) is 0 Å². The van der Waals surface area contributed by atoms with Gasteiger partial charge in [-0.15, -0.1) is 16.4 Å². The fourth-order valence-corrected chi connectivity index (χ4v) is 3.38. The van der Waals surface area contributed by atoms with Crippen molar-refractivity contribution in [3.05, 3.63) is 40.3 Å². The van der Waals surface area contributed by atoms with E-state index in [0.29, 0.717) is 0 Å². The van der Waals surface area contributed by atoms with E-state index in [-0.39, 0.29) is 6.04 Å². The van der Waals surface area contributed by atoms with Crippen LogP contribution in [0.4, 0.5) is 0 Å². The largest absolute Gasteiger partial charge is 0.311 e. The van der Waals surface area contributed by atoms with Crippen LogP contribution in [0.5, 0.6) is 0 Å². The summed E-state index contributed by atoms with van der Waals surface area (Å²) in [5.74, 6) is 0. The van der Waals surface area contributed by atoms with E-state index >= 15 is 0 Å². The molecule has 1 N–H and O–H groups in total. The van der Waals surface area contributed by atoms with Gasteiger partial charge < -0.3 is 5.32 Å². The Labute approximate surface area is 113 Å².